The molecular formula is C23H24N4O. The molecule has 0 spiro atoms. The quantitative estimate of drug-likeness (QED) is 0.665. The van der Waals surface area contributed by atoms with E-state index in [0.717, 1.165) is 29.8 Å². The van der Waals surface area contributed by atoms with Gasteiger partial charge in [-0.25, -0.2) is 0 Å². The number of anilines is 2. The number of hydrogen-bond acceptors (Lipinski definition) is 4. The van der Waals surface area contributed by atoms with Gasteiger partial charge in [-0.1, -0.05) is 55.7 Å². The molecule has 2 aromatic carbocycles. The Balaban J connectivity index is 1.42. The lowest BCUT2D eigenvalue weighted by molar-refractivity contribution is 0.0928. The molecule has 0 aliphatic heterocycles. The highest BCUT2D eigenvalue weighted by Crippen LogP contribution is 2.21. The van der Waals surface area contributed by atoms with Crippen molar-refractivity contribution >= 4 is 17.4 Å². The molecule has 0 atom stereocenters. The Hall–Kier alpha value is -3.21. The zero-order valence-corrected chi connectivity index (χ0v) is 15.8. The number of carbonyl (C=O) groups excluding carboxylic acids is 1. The Morgan fingerprint density at radius 3 is 2.43 bits per heavy atom. The molecule has 142 valence electrons. The number of nitrogens with zero attached hydrogens (tertiary/aromatic N) is 2. The van der Waals surface area contributed by atoms with Gasteiger partial charge in [-0.15, -0.1) is 10.2 Å². The first-order valence-electron chi connectivity index (χ1n) is 9.85. The maximum absolute atomic E-state index is 12.6. The fraction of sp³-hybridized carbons (Fsp3) is 0.261. The summed E-state index contributed by atoms with van der Waals surface area (Å²) in [6.07, 6.45) is 5.82. The van der Waals surface area contributed by atoms with Crippen LogP contribution in [0.3, 0.4) is 0 Å². The lowest BCUT2D eigenvalue weighted by atomic mass is 9.95. The van der Waals surface area contributed by atoms with Crippen LogP contribution in [0, 0.1) is 0 Å². The summed E-state index contributed by atoms with van der Waals surface area (Å²) < 4.78 is 0. The molecule has 0 saturated heterocycles. The summed E-state index contributed by atoms with van der Waals surface area (Å²) in [4.78, 5) is 12.6. The number of hydrogen-bond donors (Lipinski definition) is 2. The molecule has 1 amide bonds. The van der Waals surface area contributed by atoms with Crippen molar-refractivity contribution in [2.24, 2.45) is 0 Å². The van der Waals surface area contributed by atoms with Crippen LogP contribution in [0.5, 0.6) is 0 Å². The molecule has 4 rings (SSSR count). The van der Waals surface area contributed by atoms with Gasteiger partial charge in [0, 0.05) is 22.9 Å². The summed E-state index contributed by atoms with van der Waals surface area (Å²) in [5.74, 6) is 0.630. The first-order valence-corrected chi connectivity index (χ1v) is 9.85. The molecule has 1 aliphatic carbocycles. The predicted octanol–water partition coefficient (Wildman–Crippen LogP) is 4.95. The SMILES string of the molecule is O=C(NC1CCCCC1)c1cccc(Nc2ccc(-c3ccccc3)nn2)c1. The van der Waals surface area contributed by atoms with E-state index in [9.17, 15) is 4.79 Å². The predicted molar refractivity (Wildman–Crippen MR) is 112 cm³/mol. The Morgan fingerprint density at radius 2 is 1.68 bits per heavy atom. The van der Waals surface area contributed by atoms with Crippen LogP contribution in [0.2, 0.25) is 0 Å². The average molecular weight is 372 g/mol. The Labute approximate surface area is 165 Å². The topological polar surface area (TPSA) is 66.9 Å². The molecule has 0 unspecified atom stereocenters. The van der Waals surface area contributed by atoms with E-state index in [4.69, 9.17) is 0 Å². The van der Waals surface area contributed by atoms with Gasteiger partial charge in [0.15, 0.2) is 5.82 Å². The van der Waals surface area contributed by atoms with E-state index in [1.807, 2.05) is 66.7 Å². The molecule has 1 heterocycles. The van der Waals surface area contributed by atoms with Gasteiger partial charge < -0.3 is 10.6 Å². The number of aromatic nitrogens is 2. The molecule has 5 nitrogen and oxygen atoms in total. The van der Waals surface area contributed by atoms with Crippen LogP contribution >= 0.6 is 0 Å². The van der Waals surface area contributed by atoms with Gasteiger partial charge in [-0.3, -0.25) is 4.79 Å². The Kier molecular flexibility index (Phi) is 5.61. The van der Waals surface area contributed by atoms with Crippen molar-refractivity contribution in [3.63, 3.8) is 0 Å². The maximum atomic E-state index is 12.6. The van der Waals surface area contributed by atoms with Gasteiger partial charge in [0.25, 0.3) is 5.91 Å². The Morgan fingerprint density at radius 1 is 0.857 bits per heavy atom. The third-order valence-electron chi connectivity index (χ3n) is 5.07. The number of benzene rings is 2. The van der Waals surface area contributed by atoms with Crippen LogP contribution in [0.25, 0.3) is 11.3 Å². The summed E-state index contributed by atoms with van der Waals surface area (Å²) in [5, 5.41) is 14.9. The maximum Gasteiger partial charge on any atom is 0.251 e. The van der Waals surface area contributed by atoms with Gasteiger partial charge in [-0.05, 0) is 43.2 Å². The average Bonchev–Trinajstić information content (AvgIpc) is 2.76. The number of amides is 1. The van der Waals surface area contributed by atoms with Gasteiger partial charge >= 0.3 is 0 Å². The third kappa shape index (κ3) is 4.55. The molecule has 3 aromatic rings. The van der Waals surface area contributed by atoms with Crippen molar-refractivity contribution < 1.29 is 4.79 Å². The minimum Gasteiger partial charge on any atom is -0.349 e. The minimum absolute atomic E-state index is 0.0129. The number of rotatable bonds is 5. The minimum atomic E-state index is -0.0129. The standard InChI is InChI=1S/C23H24N4O/c28-23(25-19-11-5-2-6-12-19)18-10-7-13-20(16-18)24-22-15-14-21(26-27-22)17-8-3-1-4-9-17/h1,3-4,7-10,13-16,19H,2,5-6,11-12H2,(H,24,27)(H,25,28). The van der Waals surface area contributed by atoms with E-state index in [1.54, 1.807) is 0 Å². The summed E-state index contributed by atoms with van der Waals surface area (Å²) >= 11 is 0. The summed E-state index contributed by atoms with van der Waals surface area (Å²) in [5.41, 5.74) is 3.33. The molecule has 0 radical (unpaired) electrons. The van der Waals surface area contributed by atoms with E-state index in [-0.39, 0.29) is 5.91 Å². The lowest BCUT2D eigenvalue weighted by Crippen LogP contribution is -2.36. The van der Waals surface area contributed by atoms with Crippen molar-refractivity contribution in [3.8, 4) is 11.3 Å². The molecular weight excluding hydrogens is 348 g/mol. The second kappa shape index (κ2) is 8.65. The highest BCUT2D eigenvalue weighted by Gasteiger charge is 2.16. The van der Waals surface area contributed by atoms with E-state index in [2.05, 4.69) is 20.8 Å². The fourth-order valence-corrected chi connectivity index (χ4v) is 3.56. The fourth-order valence-electron chi connectivity index (χ4n) is 3.56. The van der Waals surface area contributed by atoms with Crippen LogP contribution < -0.4 is 10.6 Å². The van der Waals surface area contributed by atoms with Gasteiger partial charge in [0.1, 0.15) is 0 Å². The number of nitrogens with one attached hydrogen (secondary N) is 2. The zero-order chi connectivity index (χ0) is 19.2. The first kappa shape index (κ1) is 18.2. The van der Waals surface area contributed by atoms with Crippen LogP contribution in [-0.2, 0) is 0 Å². The normalized spacial score (nSPS) is 14.4. The van der Waals surface area contributed by atoms with E-state index < -0.39 is 0 Å². The molecule has 1 saturated carbocycles. The summed E-state index contributed by atoms with van der Waals surface area (Å²) in [6.45, 7) is 0. The van der Waals surface area contributed by atoms with Crippen LogP contribution in [0.4, 0.5) is 11.5 Å². The van der Waals surface area contributed by atoms with Crippen LogP contribution in [0.15, 0.2) is 66.7 Å². The molecule has 1 fully saturated rings. The van der Waals surface area contributed by atoms with Crippen molar-refractivity contribution in [2.45, 2.75) is 38.1 Å². The van der Waals surface area contributed by atoms with E-state index in [0.29, 0.717) is 17.4 Å². The lowest BCUT2D eigenvalue weighted by Gasteiger charge is -2.22. The van der Waals surface area contributed by atoms with Gasteiger partial charge in [0.05, 0.1) is 5.69 Å². The molecule has 2 N–H and O–H groups in total. The highest BCUT2D eigenvalue weighted by molar-refractivity contribution is 5.95. The Bertz CT molecular complexity index is 919. The highest BCUT2D eigenvalue weighted by atomic mass is 16.1. The molecule has 1 aromatic heterocycles. The summed E-state index contributed by atoms with van der Waals surface area (Å²) in [6, 6.07) is 21.6. The molecule has 0 bridgehead atoms. The van der Waals surface area contributed by atoms with Crippen molar-refractivity contribution in [1.29, 1.82) is 0 Å². The van der Waals surface area contributed by atoms with Crippen molar-refractivity contribution in [3.05, 3.63) is 72.3 Å². The van der Waals surface area contributed by atoms with Gasteiger partial charge in [0.2, 0.25) is 0 Å². The molecule has 1 aliphatic rings. The van der Waals surface area contributed by atoms with Crippen molar-refractivity contribution in [1.82, 2.24) is 15.5 Å². The molecule has 5 heteroatoms. The number of carbonyl (C=O) groups is 1. The van der Waals surface area contributed by atoms with Crippen LogP contribution in [-0.4, -0.2) is 22.1 Å². The monoisotopic (exact) mass is 372 g/mol. The summed E-state index contributed by atoms with van der Waals surface area (Å²) in [7, 11) is 0. The third-order valence-corrected chi connectivity index (χ3v) is 5.07. The van der Waals surface area contributed by atoms with Crippen molar-refractivity contribution in [2.75, 3.05) is 5.32 Å². The zero-order valence-electron chi connectivity index (χ0n) is 15.8. The van der Waals surface area contributed by atoms with Gasteiger partial charge in [-0.2, -0.15) is 0 Å². The smallest absolute Gasteiger partial charge is 0.251 e. The first-order chi connectivity index (χ1) is 13.8. The van der Waals surface area contributed by atoms with Crippen LogP contribution in [0.1, 0.15) is 42.5 Å². The largest absolute Gasteiger partial charge is 0.349 e. The van der Waals surface area contributed by atoms with E-state index >= 15 is 0 Å². The second-order valence-corrected chi connectivity index (χ2v) is 7.18. The van der Waals surface area contributed by atoms with E-state index in [1.165, 1.54) is 19.3 Å². The second-order valence-electron chi connectivity index (χ2n) is 7.18. The molecule has 28 heavy (non-hydrogen) atoms.